The van der Waals surface area contributed by atoms with Gasteiger partial charge in [0.25, 0.3) is 0 Å². The van der Waals surface area contributed by atoms with Gasteiger partial charge in [0.2, 0.25) is 15.9 Å². The van der Waals surface area contributed by atoms with Crippen molar-refractivity contribution in [3.63, 3.8) is 0 Å². The molecule has 1 aromatic heterocycles. The SMILES string of the molecule is CCCCOc1ccc(NCC2CCC(NS(=O)(=O)C(C)(C)C)CC2)cn1. The molecule has 1 saturated carbocycles. The monoisotopic (exact) mass is 397 g/mol. The third kappa shape index (κ3) is 6.96. The van der Waals surface area contributed by atoms with Gasteiger partial charge in [-0.05, 0) is 64.9 Å². The summed E-state index contributed by atoms with van der Waals surface area (Å²) < 4.78 is 32.3. The molecule has 0 unspecified atom stereocenters. The lowest BCUT2D eigenvalue weighted by molar-refractivity contribution is 0.298. The van der Waals surface area contributed by atoms with Crippen molar-refractivity contribution in [1.29, 1.82) is 0 Å². The third-order valence-electron chi connectivity index (χ3n) is 5.05. The van der Waals surface area contributed by atoms with Crippen LogP contribution in [0.3, 0.4) is 0 Å². The van der Waals surface area contributed by atoms with Crippen LogP contribution >= 0.6 is 0 Å². The summed E-state index contributed by atoms with van der Waals surface area (Å²) in [6, 6.07) is 3.96. The molecule has 2 rings (SSSR count). The van der Waals surface area contributed by atoms with Gasteiger partial charge in [-0.3, -0.25) is 0 Å². The highest BCUT2D eigenvalue weighted by molar-refractivity contribution is 7.90. The molecule has 0 bridgehead atoms. The molecule has 27 heavy (non-hydrogen) atoms. The largest absolute Gasteiger partial charge is 0.478 e. The van der Waals surface area contributed by atoms with E-state index in [4.69, 9.17) is 4.74 Å². The van der Waals surface area contributed by atoms with Gasteiger partial charge in [-0.2, -0.15) is 0 Å². The van der Waals surface area contributed by atoms with E-state index in [2.05, 4.69) is 21.9 Å². The molecule has 0 radical (unpaired) electrons. The Morgan fingerprint density at radius 1 is 1.19 bits per heavy atom. The molecule has 1 aliphatic carbocycles. The van der Waals surface area contributed by atoms with Crippen LogP contribution in [0.1, 0.15) is 66.2 Å². The lowest BCUT2D eigenvalue weighted by Crippen LogP contribution is -2.46. The van der Waals surface area contributed by atoms with Crippen molar-refractivity contribution in [2.75, 3.05) is 18.5 Å². The highest BCUT2D eigenvalue weighted by atomic mass is 32.2. The Labute approximate surface area is 164 Å². The Kier molecular flexibility index (Phi) is 7.91. The number of aromatic nitrogens is 1. The number of hydrogen-bond donors (Lipinski definition) is 2. The molecule has 154 valence electrons. The summed E-state index contributed by atoms with van der Waals surface area (Å²) >= 11 is 0. The number of rotatable bonds is 9. The van der Waals surface area contributed by atoms with Gasteiger partial charge < -0.3 is 10.1 Å². The van der Waals surface area contributed by atoms with E-state index in [9.17, 15) is 8.42 Å². The molecule has 1 fully saturated rings. The van der Waals surface area contributed by atoms with Crippen molar-refractivity contribution in [1.82, 2.24) is 9.71 Å². The smallest absolute Gasteiger partial charge is 0.216 e. The second kappa shape index (κ2) is 9.73. The summed E-state index contributed by atoms with van der Waals surface area (Å²) in [5.41, 5.74) is 0.994. The van der Waals surface area contributed by atoms with E-state index in [1.54, 1.807) is 20.8 Å². The molecule has 1 aromatic rings. The number of nitrogens with zero attached hydrogens (tertiary/aromatic N) is 1. The predicted molar refractivity (Wildman–Crippen MR) is 111 cm³/mol. The van der Waals surface area contributed by atoms with Gasteiger partial charge in [0.15, 0.2) is 0 Å². The Morgan fingerprint density at radius 2 is 1.89 bits per heavy atom. The van der Waals surface area contributed by atoms with Crippen molar-refractivity contribution in [3.8, 4) is 5.88 Å². The van der Waals surface area contributed by atoms with Crippen LogP contribution in [-0.4, -0.2) is 37.3 Å². The molecule has 0 amide bonds. The lowest BCUT2D eigenvalue weighted by atomic mass is 9.86. The van der Waals surface area contributed by atoms with Crippen LogP contribution in [0.5, 0.6) is 5.88 Å². The number of hydrogen-bond acceptors (Lipinski definition) is 5. The minimum atomic E-state index is -3.27. The van der Waals surface area contributed by atoms with Gasteiger partial charge in [0.05, 0.1) is 23.2 Å². The second-order valence-corrected chi connectivity index (χ2v) is 10.9. The maximum absolute atomic E-state index is 12.3. The Bertz CT molecular complexity index is 661. The zero-order valence-electron chi connectivity index (χ0n) is 17.1. The van der Waals surface area contributed by atoms with Crippen LogP contribution in [-0.2, 0) is 10.0 Å². The van der Waals surface area contributed by atoms with E-state index in [0.717, 1.165) is 50.8 Å². The van der Waals surface area contributed by atoms with Crippen molar-refractivity contribution in [2.45, 2.75) is 77.0 Å². The van der Waals surface area contributed by atoms with Gasteiger partial charge in [-0.1, -0.05) is 13.3 Å². The van der Waals surface area contributed by atoms with E-state index in [-0.39, 0.29) is 6.04 Å². The molecule has 0 aromatic carbocycles. The number of nitrogens with one attached hydrogen (secondary N) is 2. The number of ether oxygens (including phenoxy) is 1. The second-order valence-electron chi connectivity index (χ2n) is 8.42. The lowest BCUT2D eigenvalue weighted by Gasteiger charge is -2.31. The molecule has 7 heteroatoms. The maximum atomic E-state index is 12.3. The standard InChI is InChI=1S/C20H35N3O3S/c1-5-6-13-26-19-12-11-18(15-22-19)21-14-16-7-9-17(10-8-16)23-27(24,25)20(2,3)4/h11-12,15-17,21,23H,5-10,13-14H2,1-4H3. The fourth-order valence-corrected chi connectivity index (χ4v) is 4.06. The molecule has 0 spiro atoms. The molecule has 6 nitrogen and oxygen atoms in total. The summed E-state index contributed by atoms with van der Waals surface area (Å²) in [6.07, 6.45) is 7.79. The topological polar surface area (TPSA) is 80.3 Å². The van der Waals surface area contributed by atoms with Crippen LogP contribution < -0.4 is 14.8 Å². The summed E-state index contributed by atoms with van der Waals surface area (Å²) in [6.45, 7) is 8.93. The van der Waals surface area contributed by atoms with Crippen molar-refractivity contribution < 1.29 is 13.2 Å². The van der Waals surface area contributed by atoms with E-state index < -0.39 is 14.8 Å². The van der Waals surface area contributed by atoms with Crippen molar-refractivity contribution >= 4 is 15.7 Å². The highest BCUT2D eigenvalue weighted by Crippen LogP contribution is 2.26. The molecular formula is C20H35N3O3S. The number of pyridine rings is 1. The minimum Gasteiger partial charge on any atom is -0.478 e. The predicted octanol–water partition coefficient (Wildman–Crippen LogP) is 3.95. The van der Waals surface area contributed by atoms with Crippen LogP contribution in [0.4, 0.5) is 5.69 Å². The minimum absolute atomic E-state index is 0.0618. The first-order valence-corrected chi connectivity index (χ1v) is 11.5. The van der Waals surface area contributed by atoms with Gasteiger partial charge >= 0.3 is 0 Å². The first kappa shape index (κ1) is 22.0. The first-order chi connectivity index (χ1) is 12.7. The van der Waals surface area contributed by atoms with E-state index >= 15 is 0 Å². The van der Waals surface area contributed by atoms with E-state index in [1.165, 1.54) is 0 Å². The fraction of sp³-hybridized carbons (Fsp3) is 0.750. The average Bonchev–Trinajstić information content (AvgIpc) is 2.61. The first-order valence-electron chi connectivity index (χ1n) is 10.1. The van der Waals surface area contributed by atoms with Gasteiger partial charge in [0, 0.05) is 18.7 Å². The number of anilines is 1. The maximum Gasteiger partial charge on any atom is 0.216 e. The fourth-order valence-electron chi connectivity index (χ4n) is 3.03. The molecule has 0 aliphatic heterocycles. The quantitative estimate of drug-likeness (QED) is 0.617. The van der Waals surface area contributed by atoms with Crippen LogP contribution in [0.25, 0.3) is 0 Å². The molecule has 2 N–H and O–H groups in total. The third-order valence-corrected chi connectivity index (χ3v) is 7.31. The molecule has 0 atom stereocenters. The summed E-state index contributed by atoms with van der Waals surface area (Å²) in [4.78, 5) is 4.33. The van der Waals surface area contributed by atoms with E-state index in [1.807, 2.05) is 18.3 Å². The van der Waals surface area contributed by atoms with Crippen molar-refractivity contribution in [2.24, 2.45) is 5.92 Å². The Morgan fingerprint density at radius 3 is 2.44 bits per heavy atom. The molecular weight excluding hydrogens is 362 g/mol. The normalized spacial score (nSPS) is 21.0. The Balaban J connectivity index is 1.72. The molecule has 1 aliphatic rings. The summed E-state index contributed by atoms with van der Waals surface area (Å²) in [7, 11) is -3.27. The van der Waals surface area contributed by atoms with Crippen LogP contribution in [0, 0.1) is 5.92 Å². The number of sulfonamides is 1. The van der Waals surface area contributed by atoms with Gasteiger partial charge in [-0.25, -0.2) is 18.1 Å². The summed E-state index contributed by atoms with van der Waals surface area (Å²) in [5, 5.41) is 3.44. The van der Waals surface area contributed by atoms with Crippen molar-refractivity contribution in [3.05, 3.63) is 18.3 Å². The number of unbranched alkanes of at least 4 members (excludes halogenated alkanes) is 1. The average molecular weight is 398 g/mol. The van der Waals surface area contributed by atoms with Gasteiger partial charge in [0.1, 0.15) is 0 Å². The van der Waals surface area contributed by atoms with Crippen LogP contribution in [0.2, 0.25) is 0 Å². The highest BCUT2D eigenvalue weighted by Gasteiger charge is 2.32. The Hall–Kier alpha value is -1.34. The van der Waals surface area contributed by atoms with Crippen LogP contribution in [0.15, 0.2) is 18.3 Å². The zero-order valence-corrected chi connectivity index (χ0v) is 17.9. The summed E-state index contributed by atoms with van der Waals surface area (Å²) in [5.74, 6) is 1.22. The molecule has 1 heterocycles. The zero-order chi connectivity index (χ0) is 19.9. The molecule has 0 saturated heterocycles. The van der Waals surface area contributed by atoms with E-state index in [0.29, 0.717) is 18.4 Å². The van der Waals surface area contributed by atoms with Gasteiger partial charge in [-0.15, -0.1) is 0 Å².